The van der Waals surface area contributed by atoms with Gasteiger partial charge in [0.1, 0.15) is 6.26 Å². The van der Waals surface area contributed by atoms with Crippen molar-refractivity contribution in [3.05, 3.63) is 59.6 Å². The lowest BCUT2D eigenvalue weighted by molar-refractivity contribution is 0.468. The zero-order valence-electron chi connectivity index (χ0n) is 11.0. The quantitative estimate of drug-likeness (QED) is 0.534. The largest absolute Gasteiger partial charge is 0.513 e. The molecule has 0 aromatic rings. The van der Waals surface area contributed by atoms with Crippen LogP contribution in [0.25, 0.3) is 0 Å². The van der Waals surface area contributed by atoms with Crippen LogP contribution in [0.3, 0.4) is 0 Å². The minimum Gasteiger partial charge on any atom is -0.513 e. The molecule has 0 radical (unpaired) electrons. The first-order chi connectivity index (χ1) is 8.17. The number of rotatable bonds is 6. The molecule has 3 N–H and O–H groups in total. The van der Waals surface area contributed by atoms with Crippen LogP contribution in [0.4, 0.5) is 0 Å². The van der Waals surface area contributed by atoms with Crippen molar-refractivity contribution in [3.63, 3.8) is 0 Å². The third-order valence-electron chi connectivity index (χ3n) is 2.42. The van der Waals surface area contributed by atoms with E-state index in [1.54, 1.807) is 6.08 Å². The van der Waals surface area contributed by atoms with E-state index >= 15 is 0 Å². The number of hydrogen-bond acceptors (Lipinski definition) is 2. The van der Waals surface area contributed by atoms with Crippen LogP contribution in [0, 0.1) is 0 Å². The highest BCUT2D eigenvalue weighted by atomic mass is 16.2. The molecule has 0 aliphatic rings. The second-order valence-corrected chi connectivity index (χ2v) is 3.71. The summed E-state index contributed by atoms with van der Waals surface area (Å²) in [7, 11) is 0. The number of hydrogen-bond donors (Lipinski definition) is 2. The Kier molecular flexibility index (Phi) is 8.57. The summed E-state index contributed by atoms with van der Waals surface area (Å²) < 4.78 is 0. The molecule has 0 aromatic heterocycles. The zero-order valence-corrected chi connectivity index (χ0v) is 11.0. The van der Waals surface area contributed by atoms with Gasteiger partial charge in [-0.25, -0.2) is 0 Å². The summed E-state index contributed by atoms with van der Waals surface area (Å²) in [5, 5.41) is 8.69. The van der Waals surface area contributed by atoms with Crippen molar-refractivity contribution < 1.29 is 5.11 Å². The summed E-state index contributed by atoms with van der Waals surface area (Å²) in [4.78, 5) is 0. The van der Waals surface area contributed by atoms with Gasteiger partial charge >= 0.3 is 0 Å². The molecule has 94 valence electrons. The molecule has 0 aliphatic heterocycles. The Morgan fingerprint density at radius 3 is 2.41 bits per heavy atom. The molecular formula is C15H23NO. The van der Waals surface area contributed by atoms with Crippen LogP contribution in [0.2, 0.25) is 0 Å². The molecule has 0 saturated heterocycles. The summed E-state index contributed by atoms with van der Waals surface area (Å²) >= 11 is 0. The van der Waals surface area contributed by atoms with E-state index in [4.69, 9.17) is 10.8 Å². The smallest absolute Gasteiger partial charge is 0.102 e. The van der Waals surface area contributed by atoms with Gasteiger partial charge in [-0.3, -0.25) is 0 Å². The molecule has 0 fully saturated rings. The third-order valence-corrected chi connectivity index (χ3v) is 2.42. The topological polar surface area (TPSA) is 46.2 Å². The standard InChI is InChI=1S/C15H23NO/c1-4-7-8-13(5-2)11-14(6-3)9-10-15(16)12-17/h4,6-10,12,17H,5,11,16H2,1-3H3/b7-4+,10-9-,13-8+,14-6+,15-12-. The summed E-state index contributed by atoms with van der Waals surface area (Å²) in [6.07, 6.45) is 14.8. The monoisotopic (exact) mass is 233 g/mol. The normalized spacial score (nSPS) is 15.1. The summed E-state index contributed by atoms with van der Waals surface area (Å²) in [5.74, 6) is 0. The average Bonchev–Trinajstić information content (AvgIpc) is 2.37. The van der Waals surface area contributed by atoms with E-state index < -0.39 is 0 Å². The molecule has 0 aliphatic carbocycles. The van der Waals surface area contributed by atoms with Crippen LogP contribution < -0.4 is 5.73 Å². The van der Waals surface area contributed by atoms with Gasteiger partial charge in [0.15, 0.2) is 0 Å². The van der Waals surface area contributed by atoms with Crippen LogP contribution in [0.1, 0.15) is 33.6 Å². The molecule has 2 heteroatoms. The highest BCUT2D eigenvalue weighted by molar-refractivity contribution is 5.30. The van der Waals surface area contributed by atoms with Gasteiger partial charge in [-0.05, 0) is 38.3 Å². The molecule has 2 nitrogen and oxygen atoms in total. The second-order valence-electron chi connectivity index (χ2n) is 3.71. The van der Waals surface area contributed by atoms with Crippen molar-refractivity contribution in [2.24, 2.45) is 5.73 Å². The van der Waals surface area contributed by atoms with Gasteiger partial charge in [0.25, 0.3) is 0 Å². The second kappa shape index (κ2) is 9.52. The van der Waals surface area contributed by atoms with E-state index in [9.17, 15) is 0 Å². The fraction of sp³-hybridized carbons (Fsp3) is 0.333. The Labute approximate surface area is 105 Å². The maximum absolute atomic E-state index is 8.69. The average molecular weight is 233 g/mol. The number of nitrogens with two attached hydrogens (primary N) is 1. The fourth-order valence-electron chi connectivity index (χ4n) is 1.30. The predicted molar refractivity (Wildman–Crippen MR) is 75.6 cm³/mol. The van der Waals surface area contributed by atoms with Crippen molar-refractivity contribution in [1.29, 1.82) is 0 Å². The number of aliphatic hydroxyl groups excluding tert-OH is 1. The first-order valence-corrected chi connectivity index (χ1v) is 5.91. The van der Waals surface area contributed by atoms with Crippen LogP contribution in [-0.2, 0) is 0 Å². The minimum atomic E-state index is 0.361. The summed E-state index contributed by atoms with van der Waals surface area (Å²) in [6.45, 7) is 6.16. The molecule has 0 unspecified atom stereocenters. The Morgan fingerprint density at radius 1 is 1.24 bits per heavy atom. The van der Waals surface area contributed by atoms with Crippen LogP contribution in [0.15, 0.2) is 59.6 Å². The molecule has 0 atom stereocenters. The van der Waals surface area contributed by atoms with E-state index in [0.29, 0.717) is 5.70 Å². The highest BCUT2D eigenvalue weighted by Gasteiger charge is 1.96. The Hall–Kier alpha value is -1.70. The van der Waals surface area contributed by atoms with Crippen molar-refractivity contribution in [2.45, 2.75) is 33.6 Å². The highest BCUT2D eigenvalue weighted by Crippen LogP contribution is 2.16. The first kappa shape index (κ1) is 15.3. The van der Waals surface area contributed by atoms with Crippen molar-refractivity contribution in [2.75, 3.05) is 0 Å². The van der Waals surface area contributed by atoms with Crippen molar-refractivity contribution >= 4 is 0 Å². The molecule has 17 heavy (non-hydrogen) atoms. The lowest BCUT2D eigenvalue weighted by Gasteiger charge is -2.04. The van der Waals surface area contributed by atoms with Crippen molar-refractivity contribution in [1.82, 2.24) is 0 Å². The van der Waals surface area contributed by atoms with Gasteiger partial charge in [0.05, 0.1) is 5.70 Å². The maximum Gasteiger partial charge on any atom is 0.102 e. The molecule has 0 amide bonds. The fourth-order valence-corrected chi connectivity index (χ4v) is 1.30. The van der Waals surface area contributed by atoms with Gasteiger partial charge in [0.2, 0.25) is 0 Å². The van der Waals surface area contributed by atoms with Gasteiger partial charge < -0.3 is 10.8 Å². The van der Waals surface area contributed by atoms with Gasteiger partial charge in [-0.15, -0.1) is 0 Å². The van der Waals surface area contributed by atoms with Gasteiger partial charge in [-0.2, -0.15) is 0 Å². The molecule has 0 rings (SSSR count). The summed E-state index contributed by atoms with van der Waals surface area (Å²) in [5.41, 5.74) is 8.41. The minimum absolute atomic E-state index is 0.361. The van der Waals surface area contributed by atoms with Crippen LogP contribution in [0.5, 0.6) is 0 Å². The van der Waals surface area contributed by atoms with Crippen molar-refractivity contribution in [3.8, 4) is 0 Å². The van der Waals surface area contributed by atoms with E-state index in [0.717, 1.165) is 19.1 Å². The first-order valence-electron chi connectivity index (χ1n) is 5.91. The SMILES string of the molecule is C\C=C(/C=C\C(N)=C\O)C/C(=C/C=C/C)CC. The molecule has 0 spiro atoms. The molecule has 0 bridgehead atoms. The lowest BCUT2D eigenvalue weighted by atomic mass is 10.0. The van der Waals surface area contributed by atoms with Gasteiger partial charge in [0, 0.05) is 0 Å². The van der Waals surface area contributed by atoms with E-state index in [-0.39, 0.29) is 0 Å². The predicted octanol–water partition coefficient (Wildman–Crippen LogP) is 4.15. The molecule has 0 heterocycles. The lowest BCUT2D eigenvalue weighted by Crippen LogP contribution is -1.92. The maximum atomic E-state index is 8.69. The number of allylic oxidation sites excluding steroid dienone is 8. The Bertz CT molecular complexity index is 357. The molecule has 0 aromatic carbocycles. The zero-order chi connectivity index (χ0) is 13.1. The van der Waals surface area contributed by atoms with E-state index in [1.165, 1.54) is 11.1 Å². The van der Waals surface area contributed by atoms with Gasteiger partial charge in [-0.1, -0.05) is 42.9 Å². The number of aliphatic hydroxyl groups is 1. The Morgan fingerprint density at radius 2 is 1.94 bits per heavy atom. The van der Waals surface area contributed by atoms with Crippen LogP contribution >= 0.6 is 0 Å². The van der Waals surface area contributed by atoms with E-state index in [1.807, 2.05) is 26.0 Å². The molecular weight excluding hydrogens is 210 g/mol. The molecule has 0 saturated carbocycles. The Balaban J connectivity index is 4.66. The van der Waals surface area contributed by atoms with Crippen LogP contribution in [-0.4, -0.2) is 5.11 Å². The summed E-state index contributed by atoms with van der Waals surface area (Å²) in [6, 6.07) is 0. The third kappa shape index (κ3) is 7.23. The van der Waals surface area contributed by atoms with E-state index in [2.05, 4.69) is 25.2 Å².